The fourth-order valence-corrected chi connectivity index (χ4v) is 1.31. The molecular formula is C8H9NO2S. The first kappa shape index (κ1) is 9.06. The van der Waals surface area contributed by atoms with Crippen molar-refractivity contribution < 1.29 is 4.92 Å². The number of nitrogens with zero attached hydrogens (tertiary/aromatic N) is 1. The van der Waals surface area contributed by atoms with Crippen molar-refractivity contribution in [2.45, 2.75) is 6.04 Å². The number of hydrogen-bond donors (Lipinski definition) is 1. The first-order valence-corrected chi connectivity index (χ1v) is 4.18. The van der Waals surface area contributed by atoms with Gasteiger partial charge in [-0.15, -0.1) is 0 Å². The molecule has 1 atom stereocenters. The normalized spacial score (nSPS) is 12.4. The van der Waals surface area contributed by atoms with Crippen molar-refractivity contribution in [1.29, 1.82) is 0 Å². The maximum atomic E-state index is 10.5. The standard InChI is InChI=1S/C8H9NO2S/c10-9(11)8(6-12)7-4-2-1-3-5-7/h1-5,8,12H,6H2. The van der Waals surface area contributed by atoms with Crippen LogP contribution in [0.4, 0.5) is 0 Å². The van der Waals surface area contributed by atoms with Crippen LogP contribution in [0.5, 0.6) is 0 Å². The number of hydrogen-bond acceptors (Lipinski definition) is 3. The lowest BCUT2D eigenvalue weighted by molar-refractivity contribution is -0.522. The second-order valence-corrected chi connectivity index (χ2v) is 2.76. The molecule has 0 aliphatic heterocycles. The van der Waals surface area contributed by atoms with Gasteiger partial charge in [0.05, 0.1) is 5.75 Å². The molecule has 0 aromatic heterocycles. The van der Waals surface area contributed by atoms with E-state index in [2.05, 4.69) is 12.6 Å². The zero-order valence-corrected chi connectivity index (χ0v) is 7.28. The molecule has 0 saturated heterocycles. The van der Waals surface area contributed by atoms with Gasteiger partial charge in [0, 0.05) is 10.5 Å². The van der Waals surface area contributed by atoms with Crippen molar-refractivity contribution in [2.24, 2.45) is 0 Å². The summed E-state index contributed by atoms with van der Waals surface area (Å²) < 4.78 is 0. The first-order chi connectivity index (χ1) is 5.75. The molecule has 0 amide bonds. The molecule has 0 radical (unpaired) electrons. The Kier molecular flexibility index (Phi) is 3.10. The van der Waals surface area contributed by atoms with Gasteiger partial charge in [0.1, 0.15) is 0 Å². The lowest BCUT2D eigenvalue weighted by Gasteiger charge is -2.05. The number of thiol groups is 1. The summed E-state index contributed by atoms with van der Waals surface area (Å²) in [5.41, 5.74) is 0.706. The lowest BCUT2D eigenvalue weighted by Crippen LogP contribution is -2.11. The summed E-state index contributed by atoms with van der Waals surface area (Å²) in [5.74, 6) is 0.233. The number of nitro groups is 1. The SMILES string of the molecule is O=[N+]([O-])C(CS)c1ccccc1. The molecule has 0 heterocycles. The van der Waals surface area contributed by atoms with E-state index < -0.39 is 6.04 Å². The molecule has 0 aliphatic carbocycles. The fourth-order valence-electron chi connectivity index (χ4n) is 0.969. The maximum absolute atomic E-state index is 10.5. The molecule has 1 unspecified atom stereocenters. The quantitative estimate of drug-likeness (QED) is 0.442. The topological polar surface area (TPSA) is 43.1 Å². The van der Waals surface area contributed by atoms with E-state index in [0.717, 1.165) is 0 Å². The first-order valence-electron chi connectivity index (χ1n) is 3.55. The molecule has 0 bridgehead atoms. The zero-order chi connectivity index (χ0) is 8.97. The summed E-state index contributed by atoms with van der Waals surface area (Å²) in [6.45, 7) is 0. The molecule has 0 aliphatic rings. The van der Waals surface area contributed by atoms with Crippen LogP contribution in [0.2, 0.25) is 0 Å². The molecule has 1 aromatic carbocycles. The van der Waals surface area contributed by atoms with Crippen molar-refractivity contribution in [3.63, 3.8) is 0 Å². The van der Waals surface area contributed by atoms with Crippen LogP contribution >= 0.6 is 12.6 Å². The number of benzene rings is 1. The van der Waals surface area contributed by atoms with E-state index >= 15 is 0 Å². The van der Waals surface area contributed by atoms with Crippen LogP contribution in [-0.4, -0.2) is 10.7 Å². The maximum Gasteiger partial charge on any atom is 0.246 e. The van der Waals surface area contributed by atoms with Gasteiger partial charge in [0.25, 0.3) is 0 Å². The summed E-state index contributed by atoms with van der Waals surface area (Å²) in [7, 11) is 0. The van der Waals surface area contributed by atoms with Gasteiger partial charge in [-0.3, -0.25) is 10.1 Å². The van der Waals surface area contributed by atoms with Crippen molar-refractivity contribution in [3.05, 3.63) is 46.0 Å². The summed E-state index contributed by atoms with van der Waals surface area (Å²) in [6, 6.07) is 8.20. The highest BCUT2D eigenvalue weighted by molar-refractivity contribution is 7.80. The van der Waals surface area contributed by atoms with Crippen LogP contribution in [0.3, 0.4) is 0 Å². The summed E-state index contributed by atoms with van der Waals surface area (Å²) in [6.07, 6.45) is 0. The molecule has 0 fully saturated rings. The Bertz CT molecular complexity index is 263. The monoisotopic (exact) mass is 183 g/mol. The predicted molar refractivity (Wildman–Crippen MR) is 50.0 cm³/mol. The van der Waals surface area contributed by atoms with Crippen molar-refractivity contribution >= 4 is 12.6 Å². The van der Waals surface area contributed by atoms with Gasteiger partial charge in [-0.1, -0.05) is 30.3 Å². The molecule has 12 heavy (non-hydrogen) atoms. The van der Waals surface area contributed by atoms with Crippen molar-refractivity contribution in [1.82, 2.24) is 0 Å². The van der Waals surface area contributed by atoms with E-state index in [1.165, 1.54) is 0 Å². The predicted octanol–water partition coefficient (Wildman–Crippen LogP) is 1.93. The van der Waals surface area contributed by atoms with Crippen LogP contribution < -0.4 is 0 Å². The average Bonchev–Trinajstić information content (AvgIpc) is 2.07. The molecule has 0 spiro atoms. The van der Waals surface area contributed by atoms with Gasteiger partial charge in [0.15, 0.2) is 0 Å². The molecule has 4 heteroatoms. The summed E-state index contributed by atoms with van der Waals surface area (Å²) in [5, 5.41) is 10.5. The minimum absolute atomic E-state index is 0.233. The molecule has 0 N–H and O–H groups in total. The third kappa shape index (κ3) is 1.98. The Labute approximate surface area is 76.0 Å². The minimum Gasteiger partial charge on any atom is -0.264 e. The van der Waals surface area contributed by atoms with Crippen molar-refractivity contribution in [2.75, 3.05) is 5.75 Å². The smallest absolute Gasteiger partial charge is 0.246 e. The second kappa shape index (κ2) is 4.11. The van der Waals surface area contributed by atoms with Crippen LogP contribution in [0.25, 0.3) is 0 Å². The van der Waals surface area contributed by atoms with Gasteiger partial charge in [-0.05, 0) is 0 Å². The third-order valence-electron chi connectivity index (χ3n) is 1.61. The van der Waals surface area contributed by atoms with Gasteiger partial charge < -0.3 is 0 Å². The zero-order valence-electron chi connectivity index (χ0n) is 6.38. The van der Waals surface area contributed by atoms with Crippen molar-refractivity contribution in [3.8, 4) is 0 Å². The molecule has 1 rings (SSSR count). The second-order valence-electron chi connectivity index (χ2n) is 2.39. The fraction of sp³-hybridized carbons (Fsp3) is 0.250. The van der Waals surface area contributed by atoms with Crippen LogP contribution in [0, 0.1) is 10.1 Å². The highest BCUT2D eigenvalue weighted by Crippen LogP contribution is 2.16. The Morgan fingerprint density at radius 2 is 2.00 bits per heavy atom. The van der Waals surface area contributed by atoms with Crippen LogP contribution in [0.1, 0.15) is 11.6 Å². The highest BCUT2D eigenvalue weighted by Gasteiger charge is 2.19. The van der Waals surface area contributed by atoms with Gasteiger partial charge in [0.2, 0.25) is 6.04 Å². The van der Waals surface area contributed by atoms with E-state index in [4.69, 9.17) is 0 Å². The number of rotatable bonds is 3. The largest absolute Gasteiger partial charge is 0.264 e. The van der Waals surface area contributed by atoms with E-state index in [0.29, 0.717) is 5.56 Å². The van der Waals surface area contributed by atoms with Crippen LogP contribution in [0.15, 0.2) is 30.3 Å². The third-order valence-corrected chi connectivity index (χ3v) is 1.96. The molecule has 64 valence electrons. The van der Waals surface area contributed by atoms with Gasteiger partial charge in [-0.2, -0.15) is 12.6 Å². The highest BCUT2D eigenvalue weighted by atomic mass is 32.1. The van der Waals surface area contributed by atoms with Crippen LogP contribution in [-0.2, 0) is 0 Å². The summed E-state index contributed by atoms with van der Waals surface area (Å²) in [4.78, 5) is 10.2. The molecular weight excluding hydrogens is 174 g/mol. The van der Waals surface area contributed by atoms with E-state index in [1.54, 1.807) is 24.3 Å². The van der Waals surface area contributed by atoms with E-state index in [1.807, 2.05) is 6.07 Å². The van der Waals surface area contributed by atoms with E-state index in [-0.39, 0.29) is 10.7 Å². The molecule has 0 saturated carbocycles. The Hall–Kier alpha value is -1.03. The van der Waals surface area contributed by atoms with Gasteiger partial charge in [-0.25, -0.2) is 0 Å². The van der Waals surface area contributed by atoms with Gasteiger partial charge >= 0.3 is 0 Å². The minimum atomic E-state index is -0.686. The summed E-state index contributed by atoms with van der Waals surface area (Å²) >= 11 is 3.92. The average molecular weight is 183 g/mol. The molecule has 3 nitrogen and oxygen atoms in total. The Morgan fingerprint density at radius 1 is 1.42 bits per heavy atom. The lowest BCUT2D eigenvalue weighted by atomic mass is 10.1. The Balaban J connectivity index is 2.88. The van der Waals surface area contributed by atoms with E-state index in [9.17, 15) is 10.1 Å². The molecule has 1 aromatic rings. The Morgan fingerprint density at radius 3 is 2.42 bits per heavy atom.